The Morgan fingerprint density at radius 2 is 1.37 bits per heavy atom. The maximum absolute atomic E-state index is 13.6. The second-order valence-electron chi connectivity index (χ2n) is 17.8. The number of benzene rings is 3. The molecule has 6 rings (SSSR count). The highest BCUT2D eigenvalue weighted by atomic mass is 35.5. The van der Waals surface area contributed by atoms with E-state index >= 15 is 0 Å². The third-order valence-corrected chi connectivity index (χ3v) is 10.6. The lowest BCUT2D eigenvalue weighted by Crippen LogP contribution is -2.39. The Bertz CT molecular complexity index is 2850. The first-order chi connectivity index (χ1) is 31.9. The number of halogens is 1. The fourth-order valence-electron chi connectivity index (χ4n) is 7.08. The molecule has 6 aromatic rings. The molecule has 15 nitrogen and oxygen atoms in total. The molecule has 0 aliphatic rings. The van der Waals surface area contributed by atoms with Crippen molar-refractivity contribution in [1.82, 2.24) is 24.2 Å². The van der Waals surface area contributed by atoms with Crippen molar-refractivity contribution < 1.29 is 38.7 Å². The first-order valence-electron chi connectivity index (χ1n) is 21.7. The maximum atomic E-state index is 13.6. The fraction of sp³-hybridized carbons (Fsp3) is 0.333. The second-order valence-corrected chi connectivity index (χ2v) is 18.2. The van der Waals surface area contributed by atoms with Gasteiger partial charge in [0, 0.05) is 55.1 Å². The zero-order valence-corrected chi connectivity index (χ0v) is 39.5. The molecule has 0 bridgehead atoms. The molecule has 0 radical (unpaired) electrons. The van der Waals surface area contributed by atoms with Crippen molar-refractivity contribution in [3.63, 3.8) is 0 Å². The van der Waals surface area contributed by atoms with Gasteiger partial charge in [-0.3, -0.25) is 14.2 Å². The smallest absolute Gasteiger partial charge is 0.410 e. The minimum absolute atomic E-state index is 0.00466. The van der Waals surface area contributed by atoms with Gasteiger partial charge in [-0.25, -0.2) is 14.6 Å². The largest absolute Gasteiger partial charge is 0.488 e. The molecule has 0 fully saturated rings. The summed E-state index contributed by atoms with van der Waals surface area (Å²) in [6, 6.07) is 24.8. The molecule has 3 aromatic heterocycles. The predicted octanol–water partition coefficient (Wildman–Crippen LogP) is 8.87. The van der Waals surface area contributed by atoms with E-state index in [4.69, 9.17) is 30.5 Å². The summed E-state index contributed by atoms with van der Waals surface area (Å²) in [6.07, 6.45) is 4.92. The first kappa shape index (κ1) is 49.4. The van der Waals surface area contributed by atoms with Crippen molar-refractivity contribution in [3.8, 4) is 39.8 Å². The highest BCUT2D eigenvalue weighted by molar-refractivity contribution is 6.32. The maximum Gasteiger partial charge on any atom is 0.410 e. The summed E-state index contributed by atoms with van der Waals surface area (Å²) in [7, 11) is 0. The van der Waals surface area contributed by atoms with Gasteiger partial charge in [0.1, 0.15) is 47.6 Å². The van der Waals surface area contributed by atoms with Crippen molar-refractivity contribution in [1.29, 1.82) is 5.26 Å². The zero-order valence-electron chi connectivity index (χ0n) is 38.7. The minimum atomic E-state index is -0.764. The van der Waals surface area contributed by atoms with Crippen LogP contribution in [0.15, 0.2) is 102 Å². The number of carbonyl (C=O) groups excluding carboxylic acids is 2. The van der Waals surface area contributed by atoms with Crippen LogP contribution in [0.25, 0.3) is 27.9 Å². The molecule has 350 valence electrons. The van der Waals surface area contributed by atoms with Gasteiger partial charge in [0.2, 0.25) is 0 Å². The van der Waals surface area contributed by atoms with Gasteiger partial charge in [-0.1, -0.05) is 48.0 Å². The van der Waals surface area contributed by atoms with Crippen molar-refractivity contribution in [3.05, 3.63) is 146 Å². The lowest BCUT2D eigenvalue weighted by molar-refractivity contribution is 0.0192. The van der Waals surface area contributed by atoms with Gasteiger partial charge in [-0.15, -0.1) is 0 Å². The van der Waals surface area contributed by atoms with E-state index in [0.29, 0.717) is 33.8 Å². The SMILES string of the molecule is Cc1c(COc2cc(OCc3cncc(C#N)c3)c(CN(CCO)C(=O)OC(C)(C)C)cc2Cl)cccc1-c1cccc(-c2ccn3c(=O)c(CN(CCO)C(=O)OC(C)(C)C)cnc3c2)c1. The number of aliphatic hydroxyl groups excluding tert-OH is 2. The highest BCUT2D eigenvalue weighted by Crippen LogP contribution is 2.36. The molecule has 3 aromatic carbocycles. The first-order valence-corrected chi connectivity index (χ1v) is 22.0. The second kappa shape index (κ2) is 21.5. The Balaban J connectivity index is 1.23. The summed E-state index contributed by atoms with van der Waals surface area (Å²) in [5.74, 6) is 0.705. The van der Waals surface area contributed by atoms with Crippen molar-refractivity contribution in [2.75, 3.05) is 26.3 Å². The van der Waals surface area contributed by atoms with Crippen LogP contribution in [0.2, 0.25) is 5.02 Å². The van der Waals surface area contributed by atoms with Crippen LogP contribution in [0.4, 0.5) is 9.59 Å². The van der Waals surface area contributed by atoms with E-state index in [-0.39, 0.29) is 68.8 Å². The number of aliphatic hydroxyl groups is 2. The van der Waals surface area contributed by atoms with Crippen molar-refractivity contribution >= 4 is 29.4 Å². The fourth-order valence-corrected chi connectivity index (χ4v) is 7.32. The monoisotopic (exact) mass is 930 g/mol. The number of hydrogen-bond donors (Lipinski definition) is 2. The molecule has 0 unspecified atom stereocenters. The molecule has 2 amide bonds. The van der Waals surface area contributed by atoms with E-state index in [9.17, 15) is 29.9 Å². The molecular weight excluding hydrogens is 876 g/mol. The molecular formula is C51H55ClN6O9. The Morgan fingerprint density at radius 3 is 2.03 bits per heavy atom. The van der Waals surface area contributed by atoms with E-state index in [2.05, 4.69) is 22.1 Å². The number of nitriles is 1. The van der Waals surface area contributed by atoms with Crippen LogP contribution in [0.5, 0.6) is 11.5 Å². The van der Waals surface area contributed by atoms with Crippen LogP contribution in [-0.2, 0) is 35.8 Å². The van der Waals surface area contributed by atoms with Gasteiger partial charge in [0.25, 0.3) is 5.56 Å². The lowest BCUT2D eigenvalue weighted by Gasteiger charge is -2.28. The predicted molar refractivity (Wildman–Crippen MR) is 254 cm³/mol. The van der Waals surface area contributed by atoms with E-state index in [1.807, 2.05) is 55.5 Å². The molecule has 16 heteroatoms. The Kier molecular flexibility index (Phi) is 15.9. The average molecular weight is 931 g/mol. The number of hydrogen-bond acceptors (Lipinski definition) is 12. The topological polar surface area (TPSA) is 189 Å². The van der Waals surface area contributed by atoms with Gasteiger partial charge in [-0.05, 0) is 112 Å². The molecule has 0 saturated heterocycles. The summed E-state index contributed by atoms with van der Waals surface area (Å²) in [5.41, 5.74) is 5.97. The minimum Gasteiger partial charge on any atom is -0.488 e. The molecule has 0 spiro atoms. The van der Waals surface area contributed by atoms with Crippen LogP contribution < -0.4 is 15.0 Å². The Hall–Kier alpha value is -6.99. The van der Waals surface area contributed by atoms with Gasteiger partial charge in [0.15, 0.2) is 0 Å². The number of pyridine rings is 2. The normalized spacial score (nSPS) is 11.5. The molecule has 2 N–H and O–H groups in total. The van der Waals surface area contributed by atoms with E-state index in [1.165, 1.54) is 26.6 Å². The number of nitrogens with zero attached hydrogens (tertiary/aromatic N) is 6. The zero-order chi connectivity index (χ0) is 48.5. The Labute approximate surface area is 394 Å². The third-order valence-electron chi connectivity index (χ3n) is 10.3. The van der Waals surface area contributed by atoms with Crippen LogP contribution in [0.1, 0.15) is 74.9 Å². The molecule has 3 heterocycles. The standard InChI is InChI=1S/C51H55ClN6O9/c1-33-39(32-65-45-24-44(64-31-35-20-34(25-53)26-54-27-35)40(22-43(45)52)29-56(16-18-59)48(62)66-50(2,3)4)12-9-13-42(33)38-11-8-10-36(21-38)37-14-15-58-46(23-37)55-28-41(47(58)61)30-57(17-19-60)49(63)67-51(5,6)7/h8-15,20-24,26-28,59-60H,16-19,29-32H2,1-7H3. The summed E-state index contributed by atoms with van der Waals surface area (Å²) in [4.78, 5) is 50.9. The van der Waals surface area contributed by atoms with E-state index in [0.717, 1.165) is 33.4 Å². The van der Waals surface area contributed by atoms with Crippen molar-refractivity contribution in [2.24, 2.45) is 0 Å². The molecule has 0 atom stereocenters. The van der Waals surface area contributed by atoms with E-state index < -0.39 is 23.4 Å². The number of aromatic nitrogens is 3. The van der Waals surface area contributed by atoms with Gasteiger partial charge in [0.05, 0.1) is 42.5 Å². The number of carbonyl (C=O) groups is 2. The van der Waals surface area contributed by atoms with Gasteiger partial charge >= 0.3 is 12.2 Å². The van der Waals surface area contributed by atoms with Crippen LogP contribution in [0, 0.1) is 18.3 Å². The molecule has 67 heavy (non-hydrogen) atoms. The van der Waals surface area contributed by atoms with Crippen LogP contribution in [0.3, 0.4) is 0 Å². The lowest BCUT2D eigenvalue weighted by atomic mass is 9.94. The van der Waals surface area contributed by atoms with Crippen molar-refractivity contribution in [2.45, 2.75) is 86.0 Å². The van der Waals surface area contributed by atoms with Crippen LogP contribution >= 0.6 is 11.6 Å². The van der Waals surface area contributed by atoms with Gasteiger partial charge < -0.3 is 39.0 Å². The molecule has 0 saturated carbocycles. The number of amides is 2. The van der Waals surface area contributed by atoms with Crippen LogP contribution in [-0.4, -0.2) is 84.1 Å². The van der Waals surface area contributed by atoms with Gasteiger partial charge in [-0.2, -0.15) is 5.26 Å². The summed E-state index contributed by atoms with van der Waals surface area (Å²) in [6.45, 7) is 12.1. The highest BCUT2D eigenvalue weighted by Gasteiger charge is 2.26. The molecule has 0 aliphatic heterocycles. The van der Waals surface area contributed by atoms with E-state index in [1.54, 1.807) is 72.1 Å². The average Bonchev–Trinajstić information content (AvgIpc) is 3.28. The number of rotatable bonds is 16. The third kappa shape index (κ3) is 13.1. The number of fused-ring (bicyclic) bond motifs is 1. The summed E-state index contributed by atoms with van der Waals surface area (Å²) < 4.78 is 25.2. The summed E-state index contributed by atoms with van der Waals surface area (Å²) in [5, 5.41) is 29.1. The summed E-state index contributed by atoms with van der Waals surface area (Å²) >= 11 is 6.87. The Morgan fingerprint density at radius 1 is 0.746 bits per heavy atom. The molecule has 0 aliphatic carbocycles. The number of ether oxygens (including phenoxy) is 4. The quantitative estimate of drug-likeness (QED) is 0.0940.